The van der Waals surface area contributed by atoms with E-state index in [9.17, 15) is 40.0 Å². The predicted octanol–water partition coefficient (Wildman–Crippen LogP) is 4.42. The van der Waals surface area contributed by atoms with Crippen molar-refractivity contribution in [3.8, 4) is 11.8 Å². The van der Waals surface area contributed by atoms with Crippen molar-refractivity contribution in [3.63, 3.8) is 0 Å². The van der Waals surface area contributed by atoms with Crippen molar-refractivity contribution in [2.75, 3.05) is 32.7 Å². The molecule has 0 fully saturated rings. The summed E-state index contributed by atoms with van der Waals surface area (Å²) in [5, 5.41) is 11.5. The van der Waals surface area contributed by atoms with Crippen molar-refractivity contribution in [1.82, 2.24) is 9.78 Å². The number of alkyl halides is 6. The molecular weight excluding hydrogens is 541 g/mol. The predicted molar refractivity (Wildman–Crippen MR) is 108 cm³/mol. The van der Waals surface area contributed by atoms with E-state index in [0.29, 0.717) is 16.8 Å². The lowest BCUT2D eigenvalue weighted by Crippen LogP contribution is -2.34. The Kier molecular flexibility index (Phi) is 8.05. The van der Waals surface area contributed by atoms with Gasteiger partial charge in [0.15, 0.2) is 22.7 Å². The van der Waals surface area contributed by atoms with Gasteiger partial charge >= 0.3 is 11.7 Å². The summed E-state index contributed by atoms with van der Waals surface area (Å²) in [6.45, 7) is -0.403. The first-order valence-corrected chi connectivity index (χ1v) is 10.9. The smallest absolute Gasteiger partial charge is 0.354 e. The number of benzene rings is 1. The van der Waals surface area contributed by atoms with E-state index in [0.717, 1.165) is 11.9 Å². The SMILES string of the molecule is COC(CN(C)c1c(S(=O)(=O)C(F)(F)F)c(C#N)nn1-c1c(Cl)cc(C(F)(F)F)cc1Cl)OC. The summed E-state index contributed by atoms with van der Waals surface area (Å²) in [5.74, 6) is -0.864. The molecule has 0 saturated heterocycles. The van der Waals surface area contributed by atoms with Gasteiger partial charge in [-0.25, -0.2) is 13.1 Å². The number of anilines is 1. The number of hydrogen-bond donors (Lipinski definition) is 0. The number of nitrogens with zero attached hydrogens (tertiary/aromatic N) is 4. The lowest BCUT2D eigenvalue weighted by Gasteiger charge is -2.26. The Balaban J connectivity index is 2.97. The Bertz CT molecular complexity index is 1200. The minimum absolute atomic E-state index is 0.403. The molecule has 188 valence electrons. The summed E-state index contributed by atoms with van der Waals surface area (Å²) in [7, 11) is -2.69. The van der Waals surface area contributed by atoms with Gasteiger partial charge in [-0.1, -0.05) is 23.2 Å². The van der Waals surface area contributed by atoms with Crippen LogP contribution in [-0.4, -0.2) is 57.8 Å². The van der Waals surface area contributed by atoms with Gasteiger partial charge < -0.3 is 14.4 Å². The van der Waals surface area contributed by atoms with Gasteiger partial charge in [0, 0.05) is 21.3 Å². The molecular formula is C17H14Cl2F6N4O4S. The molecule has 34 heavy (non-hydrogen) atoms. The zero-order chi connectivity index (χ0) is 26.2. The van der Waals surface area contributed by atoms with Gasteiger partial charge in [0.25, 0.3) is 9.84 Å². The summed E-state index contributed by atoms with van der Waals surface area (Å²) in [5.41, 5.74) is -8.92. The summed E-state index contributed by atoms with van der Waals surface area (Å²) in [6, 6.07) is 2.09. The first-order valence-electron chi connectivity index (χ1n) is 8.69. The van der Waals surface area contributed by atoms with Crippen LogP contribution in [0.3, 0.4) is 0 Å². The normalized spacial score (nSPS) is 12.8. The molecule has 0 aliphatic heterocycles. The van der Waals surface area contributed by atoms with Crippen molar-refractivity contribution in [3.05, 3.63) is 33.4 Å². The second-order valence-electron chi connectivity index (χ2n) is 6.54. The van der Waals surface area contributed by atoms with Crippen LogP contribution < -0.4 is 4.90 Å². The quantitative estimate of drug-likeness (QED) is 0.369. The maximum atomic E-state index is 13.4. The van der Waals surface area contributed by atoms with Gasteiger partial charge in [-0.2, -0.15) is 36.7 Å². The number of sulfone groups is 1. The van der Waals surface area contributed by atoms with Crippen LogP contribution >= 0.6 is 23.2 Å². The Labute approximate surface area is 199 Å². The number of hydrogen-bond acceptors (Lipinski definition) is 7. The fraction of sp³-hybridized carbons (Fsp3) is 0.412. The first kappa shape index (κ1) is 28.0. The van der Waals surface area contributed by atoms with Gasteiger partial charge in [0.2, 0.25) is 0 Å². The minimum atomic E-state index is -6.18. The van der Waals surface area contributed by atoms with E-state index < -0.39 is 72.1 Å². The molecule has 0 amide bonds. The van der Waals surface area contributed by atoms with Crippen LogP contribution in [0.15, 0.2) is 17.0 Å². The fourth-order valence-corrected chi connectivity index (χ4v) is 4.51. The third-order valence-electron chi connectivity index (χ3n) is 4.36. The number of likely N-dealkylation sites (N-methyl/N-ethyl adjacent to an activating group) is 1. The molecule has 1 heterocycles. The Morgan fingerprint density at radius 3 is 2.03 bits per heavy atom. The molecule has 1 aromatic heterocycles. The zero-order valence-electron chi connectivity index (χ0n) is 17.3. The second-order valence-corrected chi connectivity index (χ2v) is 9.23. The van der Waals surface area contributed by atoms with Crippen LogP contribution in [0.4, 0.5) is 32.2 Å². The molecule has 8 nitrogen and oxygen atoms in total. The molecule has 0 unspecified atom stereocenters. The van der Waals surface area contributed by atoms with E-state index in [1.165, 1.54) is 20.3 Å². The minimum Gasteiger partial charge on any atom is -0.354 e. The summed E-state index contributed by atoms with van der Waals surface area (Å²) in [4.78, 5) is -0.669. The van der Waals surface area contributed by atoms with E-state index >= 15 is 0 Å². The molecule has 0 N–H and O–H groups in total. The van der Waals surface area contributed by atoms with Gasteiger partial charge in [0.05, 0.1) is 22.2 Å². The highest BCUT2D eigenvalue weighted by atomic mass is 35.5. The number of aromatic nitrogens is 2. The third-order valence-corrected chi connectivity index (χ3v) is 6.46. The molecule has 0 spiro atoms. The topological polar surface area (TPSA) is 97.5 Å². The summed E-state index contributed by atoms with van der Waals surface area (Å²) < 4.78 is 115. The molecule has 17 heteroatoms. The molecule has 2 rings (SSSR count). The number of rotatable bonds is 7. The van der Waals surface area contributed by atoms with Crippen molar-refractivity contribution >= 4 is 38.9 Å². The Hall–Kier alpha value is -2.25. The largest absolute Gasteiger partial charge is 0.502 e. The summed E-state index contributed by atoms with van der Waals surface area (Å²) >= 11 is 11.9. The molecule has 0 atom stereocenters. The molecule has 0 aliphatic carbocycles. The number of nitriles is 1. The van der Waals surface area contributed by atoms with E-state index in [2.05, 4.69) is 5.10 Å². The zero-order valence-corrected chi connectivity index (χ0v) is 19.6. The molecule has 0 radical (unpaired) electrons. The summed E-state index contributed by atoms with van der Waals surface area (Å²) in [6.07, 6.45) is -5.97. The highest BCUT2D eigenvalue weighted by Crippen LogP contribution is 2.43. The lowest BCUT2D eigenvalue weighted by molar-refractivity contribution is -0.137. The van der Waals surface area contributed by atoms with Gasteiger partial charge in [-0.3, -0.25) is 0 Å². The van der Waals surface area contributed by atoms with Crippen LogP contribution in [-0.2, 0) is 25.5 Å². The van der Waals surface area contributed by atoms with Crippen molar-refractivity contribution in [2.24, 2.45) is 0 Å². The van der Waals surface area contributed by atoms with E-state index in [-0.39, 0.29) is 0 Å². The van der Waals surface area contributed by atoms with Gasteiger partial charge in [-0.05, 0) is 12.1 Å². The van der Waals surface area contributed by atoms with Crippen molar-refractivity contribution < 1.29 is 44.2 Å². The van der Waals surface area contributed by atoms with Crippen molar-refractivity contribution in [1.29, 1.82) is 5.26 Å². The van der Waals surface area contributed by atoms with Crippen molar-refractivity contribution in [2.45, 2.75) is 22.9 Å². The standard InChI is InChI=1S/C17H14Cl2F6N4O4S/c1-28(7-12(32-2)33-3)15-14(34(30,31)17(23,24)25)11(6-26)27-29(15)13-9(18)4-8(5-10(13)19)16(20,21)22/h4-5,12H,7H2,1-3H3. The average Bonchev–Trinajstić information content (AvgIpc) is 3.09. The van der Waals surface area contributed by atoms with Gasteiger partial charge in [0.1, 0.15) is 11.8 Å². The number of methoxy groups -OCH3 is 2. The molecule has 0 aliphatic rings. The third kappa shape index (κ3) is 5.20. The van der Waals surface area contributed by atoms with Crippen LogP contribution in [0.25, 0.3) is 5.69 Å². The van der Waals surface area contributed by atoms with Crippen LogP contribution in [0.2, 0.25) is 10.0 Å². The monoisotopic (exact) mass is 554 g/mol. The maximum Gasteiger partial charge on any atom is 0.502 e. The second kappa shape index (κ2) is 9.78. The highest BCUT2D eigenvalue weighted by Gasteiger charge is 2.52. The van der Waals surface area contributed by atoms with Crippen LogP contribution in [0.1, 0.15) is 11.3 Å². The Morgan fingerprint density at radius 2 is 1.65 bits per heavy atom. The Morgan fingerprint density at radius 1 is 1.15 bits per heavy atom. The molecule has 2 aromatic rings. The van der Waals surface area contributed by atoms with Crippen LogP contribution in [0.5, 0.6) is 0 Å². The lowest BCUT2D eigenvalue weighted by atomic mass is 10.2. The maximum absolute atomic E-state index is 13.4. The first-order chi connectivity index (χ1) is 15.5. The van der Waals surface area contributed by atoms with Crippen LogP contribution in [0, 0.1) is 11.3 Å². The van der Waals surface area contributed by atoms with E-state index in [1.807, 2.05) is 0 Å². The molecule has 0 bridgehead atoms. The number of ether oxygens (including phenoxy) is 2. The molecule has 0 saturated carbocycles. The van der Waals surface area contributed by atoms with E-state index in [1.54, 1.807) is 0 Å². The number of halogens is 8. The van der Waals surface area contributed by atoms with E-state index in [4.69, 9.17) is 32.7 Å². The average molecular weight is 555 g/mol. The van der Waals surface area contributed by atoms with Gasteiger partial charge in [-0.15, -0.1) is 0 Å². The highest BCUT2D eigenvalue weighted by molar-refractivity contribution is 7.92. The fourth-order valence-electron chi connectivity index (χ4n) is 2.81. The molecule has 1 aromatic carbocycles.